The van der Waals surface area contributed by atoms with Gasteiger partial charge >= 0.3 is 0 Å². The molecule has 1 atom stereocenters. The van der Waals surface area contributed by atoms with Gasteiger partial charge in [0.2, 0.25) is 0 Å². The summed E-state index contributed by atoms with van der Waals surface area (Å²) in [6, 6.07) is 3.12. The van der Waals surface area contributed by atoms with E-state index in [1.807, 2.05) is 0 Å². The van der Waals surface area contributed by atoms with Crippen molar-refractivity contribution in [1.29, 1.82) is 0 Å². The summed E-state index contributed by atoms with van der Waals surface area (Å²) in [5, 5.41) is 18.1. The zero-order valence-electron chi connectivity index (χ0n) is 12.1. The molecule has 7 nitrogen and oxygen atoms in total. The highest BCUT2D eigenvalue weighted by atomic mass is 16.5. The SMILES string of the molecule is O=C(Nc1cnn(CC2CCCCO2)c1)c1ccc[n+]([O-])c1. The van der Waals surface area contributed by atoms with Gasteiger partial charge in [0.05, 0.1) is 24.5 Å². The summed E-state index contributed by atoms with van der Waals surface area (Å²) < 4.78 is 8.03. The van der Waals surface area contributed by atoms with Crippen LogP contribution in [0.4, 0.5) is 5.69 Å². The zero-order chi connectivity index (χ0) is 15.4. The van der Waals surface area contributed by atoms with Gasteiger partial charge in [-0.2, -0.15) is 9.83 Å². The van der Waals surface area contributed by atoms with Crippen molar-refractivity contribution in [3.05, 3.63) is 47.7 Å². The first kappa shape index (κ1) is 14.5. The van der Waals surface area contributed by atoms with E-state index in [0.717, 1.165) is 19.4 Å². The molecule has 0 radical (unpaired) electrons. The third-order valence-electron chi connectivity index (χ3n) is 3.59. The molecule has 2 aromatic rings. The fourth-order valence-corrected chi connectivity index (χ4v) is 2.48. The molecule has 3 rings (SSSR count). The van der Waals surface area contributed by atoms with Crippen LogP contribution in [0.2, 0.25) is 0 Å². The molecule has 2 aromatic heterocycles. The molecule has 0 spiro atoms. The van der Waals surface area contributed by atoms with Crippen LogP contribution < -0.4 is 10.0 Å². The highest BCUT2D eigenvalue weighted by Crippen LogP contribution is 2.15. The van der Waals surface area contributed by atoms with Gasteiger partial charge in [-0.1, -0.05) is 0 Å². The quantitative estimate of drug-likeness (QED) is 0.682. The topological polar surface area (TPSA) is 83.1 Å². The first-order valence-corrected chi connectivity index (χ1v) is 7.35. The summed E-state index contributed by atoms with van der Waals surface area (Å²) in [7, 11) is 0. The van der Waals surface area contributed by atoms with E-state index in [-0.39, 0.29) is 12.0 Å². The molecule has 3 heterocycles. The van der Waals surface area contributed by atoms with Gasteiger partial charge < -0.3 is 15.3 Å². The van der Waals surface area contributed by atoms with E-state index in [0.29, 0.717) is 22.5 Å². The van der Waals surface area contributed by atoms with Crippen LogP contribution in [0.1, 0.15) is 29.6 Å². The smallest absolute Gasteiger partial charge is 0.261 e. The van der Waals surface area contributed by atoms with Crippen molar-refractivity contribution in [2.75, 3.05) is 11.9 Å². The van der Waals surface area contributed by atoms with Crippen molar-refractivity contribution in [1.82, 2.24) is 9.78 Å². The normalized spacial score (nSPS) is 18.1. The molecular formula is C15H18N4O3. The Bertz CT molecular complexity index is 650. The maximum Gasteiger partial charge on any atom is 0.261 e. The first-order valence-electron chi connectivity index (χ1n) is 7.35. The molecule has 7 heteroatoms. The second kappa shape index (κ2) is 6.57. The van der Waals surface area contributed by atoms with Crippen molar-refractivity contribution in [2.45, 2.75) is 31.9 Å². The van der Waals surface area contributed by atoms with Gasteiger partial charge in [-0.15, -0.1) is 0 Å². The van der Waals surface area contributed by atoms with Crippen LogP contribution in [-0.4, -0.2) is 28.4 Å². The monoisotopic (exact) mass is 302 g/mol. The number of anilines is 1. The molecule has 1 amide bonds. The number of rotatable bonds is 4. The van der Waals surface area contributed by atoms with Crippen molar-refractivity contribution in [3.63, 3.8) is 0 Å². The lowest BCUT2D eigenvalue weighted by atomic mass is 10.1. The molecule has 0 aromatic carbocycles. The molecule has 22 heavy (non-hydrogen) atoms. The minimum absolute atomic E-state index is 0.186. The van der Waals surface area contributed by atoms with Gasteiger partial charge in [-0.25, -0.2) is 0 Å². The van der Waals surface area contributed by atoms with Gasteiger partial charge in [-0.05, 0) is 25.3 Å². The molecule has 0 aliphatic carbocycles. The Hall–Kier alpha value is -2.41. The Morgan fingerprint density at radius 2 is 2.45 bits per heavy atom. The maximum absolute atomic E-state index is 12.0. The second-order valence-electron chi connectivity index (χ2n) is 5.35. The fraction of sp³-hybridized carbons (Fsp3) is 0.400. The Labute approximate surface area is 128 Å². The number of nitrogens with zero attached hydrogens (tertiary/aromatic N) is 3. The largest absolute Gasteiger partial charge is 0.619 e. The van der Waals surface area contributed by atoms with Gasteiger partial charge in [0.15, 0.2) is 12.4 Å². The minimum Gasteiger partial charge on any atom is -0.619 e. The van der Waals surface area contributed by atoms with Crippen LogP contribution in [0.3, 0.4) is 0 Å². The standard InChI is InChI=1S/C15H18N4O3/c20-15(12-4-3-6-19(21)9-12)17-13-8-16-18(10-13)11-14-5-1-2-7-22-14/h3-4,6,8-10,14H,1-2,5,7,11H2,(H,17,20). The average molecular weight is 302 g/mol. The summed E-state index contributed by atoms with van der Waals surface area (Å²) in [5.41, 5.74) is 0.906. The minimum atomic E-state index is -0.335. The lowest BCUT2D eigenvalue weighted by molar-refractivity contribution is -0.605. The predicted octanol–water partition coefficient (Wildman–Crippen LogP) is 1.34. The van der Waals surface area contributed by atoms with Crippen molar-refractivity contribution in [3.8, 4) is 0 Å². The number of hydrogen-bond acceptors (Lipinski definition) is 4. The summed E-state index contributed by atoms with van der Waals surface area (Å²) >= 11 is 0. The highest BCUT2D eigenvalue weighted by molar-refractivity contribution is 6.03. The molecule has 0 saturated carbocycles. The third kappa shape index (κ3) is 3.62. The van der Waals surface area contributed by atoms with Gasteiger partial charge in [0.25, 0.3) is 5.91 Å². The van der Waals surface area contributed by atoms with Crippen molar-refractivity contribution >= 4 is 11.6 Å². The van der Waals surface area contributed by atoms with E-state index in [1.165, 1.54) is 24.9 Å². The lowest BCUT2D eigenvalue weighted by Gasteiger charge is -2.22. The zero-order valence-corrected chi connectivity index (χ0v) is 12.1. The summed E-state index contributed by atoms with van der Waals surface area (Å²) in [4.78, 5) is 12.0. The van der Waals surface area contributed by atoms with Crippen LogP contribution in [0.25, 0.3) is 0 Å². The van der Waals surface area contributed by atoms with Crippen LogP contribution in [0.15, 0.2) is 36.9 Å². The van der Waals surface area contributed by atoms with E-state index in [2.05, 4.69) is 10.4 Å². The Morgan fingerprint density at radius 1 is 1.55 bits per heavy atom. The van der Waals surface area contributed by atoms with Crippen LogP contribution in [0, 0.1) is 5.21 Å². The first-order chi connectivity index (χ1) is 10.7. The Morgan fingerprint density at radius 3 is 3.23 bits per heavy atom. The van der Waals surface area contributed by atoms with E-state index < -0.39 is 0 Å². The van der Waals surface area contributed by atoms with E-state index in [4.69, 9.17) is 4.74 Å². The molecule has 1 fully saturated rings. The highest BCUT2D eigenvalue weighted by Gasteiger charge is 2.15. The number of aromatic nitrogens is 3. The van der Waals surface area contributed by atoms with E-state index in [9.17, 15) is 10.0 Å². The number of carbonyl (C=O) groups is 1. The molecular weight excluding hydrogens is 284 g/mol. The lowest BCUT2D eigenvalue weighted by Crippen LogP contribution is -2.27. The second-order valence-corrected chi connectivity index (χ2v) is 5.35. The predicted molar refractivity (Wildman–Crippen MR) is 79.2 cm³/mol. The summed E-state index contributed by atoms with van der Waals surface area (Å²) in [6.07, 6.45) is 9.44. The molecule has 1 N–H and O–H groups in total. The summed E-state index contributed by atoms with van der Waals surface area (Å²) in [5.74, 6) is -0.335. The van der Waals surface area contributed by atoms with E-state index >= 15 is 0 Å². The Kier molecular flexibility index (Phi) is 4.34. The number of ether oxygens (including phenoxy) is 1. The van der Waals surface area contributed by atoms with Crippen molar-refractivity contribution < 1.29 is 14.3 Å². The van der Waals surface area contributed by atoms with Gasteiger partial charge in [-0.3, -0.25) is 9.48 Å². The molecule has 116 valence electrons. The fourth-order valence-electron chi connectivity index (χ4n) is 2.48. The van der Waals surface area contributed by atoms with Gasteiger partial charge in [0, 0.05) is 18.9 Å². The van der Waals surface area contributed by atoms with Crippen molar-refractivity contribution in [2.24, 2.45) is 0 Å². The average Bonchev–Trinajstić information content (AvgIpc) is 2.95. The van der Waals surface area contributed by atoms with Gasteiger partial charge in [0.1, 0.15) is 5.56 Å². The summed E-state index contributed by atoms with van der Waals surface area (Å²) in [6.45, 7) is 1.49. The third-order valence-corrected chi connectivity index (χ3v) is 3.59. The van der Waals surface area contributed by atoms with E-state index in [1.54, 1.807) is 23.1 Å². The van der Waals surface area contributed by atoms with Crippen LogP contribution in [-0.2, 0) is 11.3 Å². The number of amides is 1. The molecule has 1 aliphatic rings. The Balaban J connectivity index is 1.60. The number of hydrogen-bond donors (Lipinski definition) is 1. The molecule has 1 saturated heterocycles. The van der Waals surface area contributed by atoms with Crippen LogP contribution >= 0.6 is 0 Å². The number of nitrogens with one attached hydrogen (secondary N) is 1. The number of pyridine rings is 1. The molecule has 1 unspecified atom stereocenters. The molecule has 1 aliphatic heterocycles. The number of carbonyl (C=O) groups excluding carboxylic acids is 1. The molecule has 0 bridgehead atoms. The maximum atomic E-state index is 12.0. The van der Waals surface area contributed by atoms with Crippen LogP contribution in [0.5, 0.6) is 0 Å².